The number of nitrogens with zero attached hydrogens (tertiary/aromatic N) is 3. The lowest BCUT2D eigenvalue weighted by Crippen LogP contribution is -2.50. The van der Waals surface area contributed by atoms with Gasteiger partial charge in [0.05, 0.1) is 18.8 Å². The van der Waals surface area contributed by atoms with Crippen molar-refractivity contribution in [1.29, 1.82) is 0 Å². The highest BCUT2D eigenvalue weighted by Gasteiger charge is 2.36. The van der Waals surface area contributed by atoms with E-state index in [-0.39, 0.29) is 5.54 Å². The van der Waals surface area contributed by atoms with E-state index in [0.717, 1.165) is 44.5 Å². The molecule has 5 heteroatoms. The maximum absolute atomic E-state index is 5.44. The van der Waals surface area contributed by atoms with Crippen molar-refractivity contribution < 1.29 is 4.74 Å². The number of nitrogens with one attached hydrogen (secondary N) is 1. The first-order valence-corrected chi connectivity index (χ1v) is 7.64. The number of ether oxygens (including phenoxy) is 1. The molecule has 1 saturated carbocycles. The van der Waals surface area contributed by atoms with Gasteiger partial charge < -0.3 is 10.1 Å². The van der Waals surface area contributed by atoms with Gasteiger partial charge in [0.2, 0.25) is 5.95 Å². The molecule has 0 aromatic carbocycles. The highest BCUT2D eigenvalue weighted by molar-refractivity contribution is 5.31. The molecule has 0 bridgehead atoms. The number of anilines is 1. The van der Waals surface area contributed by atoms with Gasteiger partial charge in [0.15, 0.2) is 0 Å². The lowest BCUT2D eigenvalue weighted by Gasteiger charge is -2.37. The zero-order valence-electron chi connectivity index (χ0n) is 12.3. The standard InChI is InChI=1S/C15H24N4O/c1-13-4-7-16-14(17-13)18-15(5-2-3-6-15)12-19-8-10-20-11-9-19/h4,7H,2-3,5-6,8-12H2,1H3,(H,16,17,18). The average molecular weight is 276 g/mol. The molecule has 1 saturated heterocycles. The third-order valence-electron chi connectivity index (χ3n) is 4.36. The van der Waals surface area contributed by atoms with Crippen LogP contribution in [0.15, 0.2) is 12.3 Å². The van der Waals surface area contributed by atoms with Crippen LogP contribution in [0.2, 0.25) is 0 Å². The molecule has 2 aliphatic rings. The zero-order chi connectivity index (χ0) is 13.8. The van der Waals surface area contributed by atoms with E-state index in [1.807, 2.05) is 19.2 Å². The third-order valence-corrected chi connectivity index (χ3v) is 4.36. The van der Waals surface area contributed by atoms with E-state index in [2.05, 4.69) is 20.2 Å². The van der Waals surface area contributed by atoms with Crippen LogP contribution in [0.4, 0.5) is 5.95 Å². The molecule has 0 amide bonds. The van der Waals surface area contributed by atoms with E-state index in [9.17, 15) is 0 Å². The minimum Gasteiger partial charge on any atom is -0.379 e. The van der Waals surface area contributed by atoms with E-state index in [4.69, 9.17) is 4.74 Å². The molecular formula is C15H24N4O. The van der Waals surface area contributed by atoms with Gasteiger partial charge in [0, 0.05) is 31.5 Å². The van der Waals surface area contributed by atoms with Crippen LogP contribution in [0.1, 0.15) is 31.4 Å². The van der Waals surface area contributed by atoms with Crippen LogP contribution in [0.25, 0.3) is 0 Å². The summed E-state index contributed by atoms with van der Waals surface area (Å²) in [6, 6.07) is 1.94. The molecule has 1 aromatic heterocycles. The quantitative estimate of drug-likeness (QED) is 0.909. The zero-order valence-corrected chi connectivity index (χ0v) is 12.3. The molecule has 5 nitrogen and oxygen atoms in total. The maximum Gasteiger partial charge on any atom is 0.223 e. The highest BCUT2D eigenvalue weighted by atomic mass is 16.5. The molecule has 1 aromatic rings. The number of hydrogen-bond donors (Lipinski definition) is 1. The van der Waals surface area contributed by atoms with E-state index >= 15 is 0 Å². The Kier molecular flexibility index (Phi) is 4.17. The summed E-state index contributed by atoms with van der Waals surface area (Å²) in [4.78, 5) is 11.4. The van der Waals surface area contributed by atoms with Crippen molar-refractivity contribution in [2.24, 2.45) is 0 Å². The molecule has 1 aliphatic heterocycles. The first-order chi connectivity index (χ1) is 9.76. The van der Waals surface area contributed by atoms with Crippen LogP contribution >= 0.6 is 0 Å². The molecule has 2 heterocycles. The summed E-state index contributed by atoms with van der Waals surface area (Å²) in [6.45, 7) is 6.88. The van der Waals surface area contributed by atoms with Crippen LogP contribution in [0.3, 0.4) is 0 Å². The van der Waals surface area contributed by atoms with Gasteiger partial charge >= 0.3 is 0 Å². The number of aromatic nitrogens is 2. The van der Waals surface area contributed by atoms with Crippen LogP contribution in [-0.2, 0) is 4.74 Å². The second-order valence-electron chi connectivity index (χ2n) is 6.02. The largest absolute Gasteiger partial charge is 0.379 e. The van der Waals surface area contributed by atoms with Crippen molar-refractivity contribution in [2.45, 2.75) is 38.1 Å². The summed E-state index contributed by atoms with van der Waals surface area (Å²) < 4.78 is 5.44. The van der Waals surface area contributed by atoms with E-state index in [0.29, 0.717) is 0 Å². The Labute approximate surface area is 120 Å². The summed E-state index contributed by atoms with van der Waals surface area (Å²) in [5, 5.41) is 3.64. The minimum atomic E-state index is 0.144. The average Bonchev–Trinajstić information content (AvgIpc) is 2.88. The van der Waals surface area contributed by atoms with Gasteiger partial charge in [-0.25, -0.2) is 9.97 Å². The Bertz CT molecular complexity index is 439. The van der Waals surface area contributed by atoms with Gasteiger partial charge in [0.1, 0.15) is 0 Å². The predicted octanol–water partition coefficient (Wildman–Crippen LogP) is 1.84. The number of morpholine rings is 1. The summed E-state index contributed by atoms with van der Waals surface area (Å²) in [5.41, 5.74) is 1.16. The molecular weight excluding hydrogens is 252 g/mol. The van der Waals surface area contributed by atoms with Crippen molar-refractivity contribution in [2.75, 3.05) is 38.2 Å². The topological polar surface area (TPSA) is 50.3 Å². The normalized spacial score (nSPS) is 22.9. The minimum absolute atomic E-state index is 0.144. The Morgan fingerprint density at radius 3 is 2.75 bits per heavy atom. The second-order valence-corrected chi connectivity index (χ2v) is 6.02. The number of hydrogen-bond acceptors (Lipinski definition) is 5. The fourth-order valence-corrected chi connectivity index (χ4v) is 3.31. The number of aryl methyl sites for hydroxylation is 1. The van der Waals surface area contributed by atoms with Crippen molar-refractivity contribution in [3.05, 3.63) is 18.0 Å². The highest BCUT2D eigenvalue weighted by Crippen LogP contribution is 2.33. The summed E-state index contributed by atoms with van der Waals surface area (Å²) in [7, 11) is 0. The predicted molar refractivity (Wildman–Crippen MR) is 78.8 cm³/mol. The van der Waals surface area contributed by atoms with Gasteiger partial charge in [-0.05, 0) is 25.8 Å². The van der Waals surface area contributed by atoms with Gasteiger partial charge in [-0.15, -0.1) is 0 Å². The summed E-state index contributed by atoms with van der Waals surface area (Å²) >= 11 is 0. The van der Waals surface area contributed by atoms with Crippen molar-refractivity contribution in [3.63, 3.8) is 0 Å². The Morgan fingerprint density at radius 1 is 1.30 bits per heavy atom. The molecule has 2 fully saturated rings. The molecule has 0 unspecified atom stereocenters. The van der Waals surface area contributed by atoms with Gasteiger partial charge in [-0.3, -0.25) is 4.90 Å². The van der Waals surface area contributed by atoms with Crippen LogP contribution in [0.5, 0.6) is 0 Å². The molecule has 3 rings (SSSR count). The fraction of sp³-hybridized carbons (Fsp3) is 0.733. The van der Waals surface area contributed by atoms with Crippen LogP contribution < -0.4 is 5.32 Å². The lowest BCUT2D eigenvalue weighted by atomic mass is 9.96. The number of rotatable bonds is 4. The van der Waals surface area contributed by atoms with Gasteiger partial charge in [0.25, 0.3) is 0 Å². The van der Waals surface area contributed by atoms with Crippen LogP contribution in [0, 0.1) is 6.92 Å². The first kappa shape index (κ1) is 13.8. The van der Waals surface area contributed by atoms with Gasteiger partial charge in [-0.2, -0.15) is 0 Å². The molecule has 0 spiro atoms. The lowest BCUT2D eigenvalue weighted by molar-refractivity contribution is 0.0296. The van der Waals surface area contributed by atoms with E-state index < -0.39 is 0 Å². The third kappa shape index (κ3) is 3.27. The Hall–Kier alpha value is -1.20. The van der Waals surface area contributed by atoms with E-state index in [1.165, 1.54) is 25.7 Å². The molecule has 0 atom stereocenters. The second kappa shape index (κ2) is 6.06. The van der Waals surface area contributed by atoms with Crippen molar-refractivity contribution in [3.8, 4) is 0 Å². The van der Waals surface area contributed by atoms with E-state index in [1.54, 1.807) is 0 Å². The molecule has 1 aliphatic carbocycles. The fourth-order valence-electron chi connectivity index (χ4n) is 3.31. The van der Waals surface area contributed by atoms with Crippen molar-refractivity contribution in [1.82, 2.24) is 14.9 Å². The van der Waals surface area contributed by atoms with Crippen molar-refractivity contribution >= 4 is 5.95 Å². The Balaban J connectivity index is 1.70. The molecule has 1 N–H and O–H groups in total. The molecule has 110 valence electrons. The summed E-state index contributed by atoms with van der Waals surface area (Å²) in [6.07, 6.45) is 6.84. The molecule has 20 heavy (non-hydrogen) atoms. The maximum atomic E-state index is 5.44. The monoisotopic (exact) mass is 276 g/mol. The molecule has 0 radical (unpaired) electrons. The summed E-state index contributed by atoms with van der Waals surface area (Å²) in [5.74, 6) is 0.778. The smallest absolute Gasteiger partial charge is 0.223 e. The first-order valence-electron chi connectivity index (χ1n) is 7.64. The Morgan fingerprint density at radius 2 is 2.05 bits per heavy atom. The van der Waals surface area contributed by atoms with Gasteiger partial charge in [-0.1, -0.05) is 12.8 Å². The van der Waals surface area contributed by atoms with Crippen LogP contribution in [-0.4, -0.2) is 53.3 Å². The SMILES string of the molecule is Cc1ccnc(NC2(CN3CCOCC3)CCCC2)n1.